The maximum absolute atomic E-state index is 13.7. The van der Waals surface area contributed by atoms with Crippen molar-refractivity contribution in [2.75, 3.05) is 24.7 Å². The van der Waals surface area contributed by atoms with E-state index >= 15 is 0 Å². The molecule has 34 heavy (non-hydrogen) atoms. The standard InChI is InChI=1S/C26H23FN2O5/c1-17(18-7-3-2-4-8-18)28-25(31)14-29-21-13-19(11-12-24(21)34-16-26(29)32)22(30)15-33-23-10-6-5-9-20(23)27/h2-13,17H,14-16H2,1H3,(H,28,31). The summed E-state index contributed by atoms with van der Waals surface area (Å²) in [5.41, 5.74) is 1.50. The summed E-state index contributed by atoms with van der Waals surface area (Å²) in [6.07, 6.45) is 0. The molecular formula is C26H23FN2O5. The molecule has 0 fully saturated rings. The fourth-order valence-corrected chi connectivity index (χ4v) is 3.59. The second-order valence-corrected chi connectivity index (χ2v) is 7.79. The van der Waals surface area contributed by atoms with Crippen LogP contribution in [0.5, 0.6) is 11.5 Å². The molecule has 1 N–H and O–H groups in total. The van der Waals surface area contributed by atoms with Gasteiger partial charge in [0.25, 0.3) is 5.91 Å². The molecule has 1 unspecified atom stereocenters. The number of nitrogens with zero attached hydrogens (tertiary/aromatic N) is 1. The van der Waals surface area contributed by atoms with E-state index in [1.165, 1.54) is 35.2 Å². The van der Waals surface area contributed by atoms with Crippen molar-refractivity contribution in [3.8, 4) is 11.5 Å². The van der Waals surface area contributed by atoms with E-state index in [4.69, 9.17) is 9.47 Å². The van der Waals surface area contributed by atoms with E-state index in [0.29, 0.717) is 11.4 Å². The van der Waals surface area contributed by atoms with Crippen LogP contribution < -0.4 is 19.7 Å². The number of ketones is 1. The number of Topliss-reactive ketones (excluding diaryl/α,β-unsaturated/α-hetero) is 1. The second kappa shape index (κ2) is 10.2. The Balaban J connectivity index is 1.47. The maximum atomic E-state index is 13.7. The van der Waals surface area contributed by atoms with E-state index in [1.54, 1.807) is 12.1 Å². The van der Waals surface area contributed by atoms with Gasteiger partial charge in [-0.25, -0.2) is 4.39 Å². The van der Waals surface area contributed by atoms with Crippen molar-refractivity contribution in [2.24, 2.45) is 0 Å². The Labute approximate surface area is 196 Å². The van der Waals surface area contributed by atoms with Gasteiger partial charge in [-0.05, 0) is 42.8 Å². The predicted octanol–water partition coefficient (Wildman–Crippen LogP) is 3.69. The predicted molar refractivity (Wildman–Crippen MR) is 124 cm³/mol. The lowest BCUT2D eigenvalue weighted by Crippen LogP contribution is -2.45. The van der Waals surface area contributed by atoms with Gasteiger partial charge in [-0.3, -0.25) is 19.3 Å². The number of fused-ring (bicyclic) bond motifs is 1. The molecule has 0 bridgehead atoms. The van der Waals surface area contributed by atoms with Crippen LogP contribution in [0.25, 0.3) is 0 Å². The van der Waals surface area contributed by atoms with E-state index in [1.807, 2.05) is 37.3 Å². The van der Waals surface area contributed by atoms with E-state index in [0.717, 1.165) is 5.56 Å². The Morgan fingerprint density at radius 2 is 1.82 bits per heavy atom. The highest BCUT2D eigenvalue weighted by Gasteiger charge is 2.29. The monoisotopic (exact) mass is 462 g/mol. The van der Waals surface area contributed by atoms with Crippen LogP contribution in [-0.4, -0.2) is 37.4 Å². The van der Waals surface area contributed by atoms with Crippen LogP contribution in [0.4, 0.5) is 10.1 Å². The molecule has 3 aromatic rings. The smallest absolute Gasteiger partial charge is 0.265 e. The van der Waals surface area contributed by atoms with Gasteiger partial charge in [0.2, 0.25) is 5.91 Å². The molecule has 0 spiro atoms. The van der Waals surface area contributed by atoms with Gasteiger partial charge in [-0.15, -0.1) is 0 Å². The molecule has 0 aliphatic carbocycles. The van der Waals surface area contributed by atoms with E-state index in [9.17, 15) is 18.8 Å². The lowest BCUT2D eigenvalue weighted by Gasteiger charge is -2.29. The number of rotatable bonds is 8. The van der Waals surface area contributed by atoms with Gasteiger partial charge in [0.15, 0.2) is 30.6 Å². The van der Waals surface area contributed by atoms with Gasteiger partial charge in [0.05, 0.1) is 11.7 Å². The van der Waals surface area contributed by atoms with E-state index in [2.05, 4.69) is 5.32 Å². The van der Waals surface area contributed by atoms with Crippen LogP contribution in [0.1, 0.15) is 28.9 Å². The number of anilines is 1. The maximum Gasteiger partial charge on any atom is 0.265 e. The lowest BCUT2D eigenvalue weighted by atomic mass is 10.1. The van der Waals surface area contributed by atoms with Crippen molar-refractivity contribution >= 4 is 23.3 Å². The highest BCUT2D eigenvalue weighted by atomic mass is 19.1. The van der Waals surface area contributed by atoms with Gasteiger partial charge in [0, 0.05) is 5.56 Å². The van der Waals surface area contributed by atoms with Gasteiger partial charge in [0.1, 0.15) is 12.3 Å². The molecule has 4 rings (SSSR count). The molecule has 0 aromatic heterocycles. The molecule has 7 nitrogen and oxygen atoms in total. The minimum atomic E-state index is -0.568. The zero-order valence-electron chi connectivity index (χ0n) is 18.5. The number of amides is 2. The van der Waals surface area contributed by atoms with Crippen LogP contribution in [0.3, 0.4) is 0 Å². The summed E-state index contributed by atoms with van der Waals surface area (Å²) in [5.74, 6) is -1.37. The summed E-state index contributed by atoms with van der Waals surface area (Å²) in [5, 5.41) is 2.88. The third kappa shape index (κ3) is 5.23. The molecule has 0 radical (unpaired) electrons. The fraction of sp³-hybridized carbons (Fsp3) is 0.192. The zero-order valence-corrected chi connectivity index (χ0v) is 18.5. The number of carbonyl (C=O) groups excluding carboxylic acids is 3. The third-order valence-corrected chi connectivity index (χ3v) is 5.40. The highest BCUT2D eigenvalue weighted by molar-refractivity contribution is 6.04. The molecular weight excluding hydrogens is 439 g/mol. The minimum absolute atomic E-state index is 0.0295. The summed E-state index contributed by atoms with van der Waals surface area (Å²) >= 11 is 0. The first kappa shape index (κ1) is 23.0. The van der Waals surface area contributed by atoms with Crippen molar-refractivity contribution in [1.29, 1.82) is 0 Å². The van der Waals surface area contributed by atoms with E-state index in [-0.39, 0.29) is 43.0 Å². The van der Waals surface area contributed by atoms with Crippen molar-refractivity contribution < 1.29 is 28.2 Å². The van der Waals surface area contributed by atoms with Gasteiger partial charge in [-0.2, -0.15) is 0 Å². The SMILES string of the molecule is CC(NC(=O)CN1C(=O)COc2ccc(C(=O)COc3ccccc3F)cc21)c1ccccc1. The number of para-hydroxylation sites is 1. The van der Waals surface area contributed by atoms with Gasteiger partial charge < -0.3 is 14.8 Å². The van der Waals surface area contributed by atoms with Crippen molar-refractivity contribution in [2.45, 2.75) is 13.0 Å². The summed E-state index contributed by atoms with van der Waals surface area (Å²) in [6.45, 7) is 1.03. The number of carbonyl (C=O) groups is 3. The molecule has 1 atom stereocenters. The lowest BCUT2D eigenvalue weighted by molar-refractivity contribution is -0.125. The first-order chi connectivity index (χ1) is 16.4. The van der Waals surface area contributed by atoms with Crippen LogP contribution in [0.15, 0.2) is 72.8 Å². The van der Waals surface area contributed by atoms with Crippen LogP contribution >= 0.6 is 0 Å². The number of nitrogens with one attached hydrogen (secondary N) is 1. The normalized spacial score (nSPS) is 13.5. The third-order valence-electron chi connectivity index (χ3n) is 5.40. The van der Waals surface area contributed by atoms with Crippen molar-refractivity contribution in [3.05, 3.63) is 89.7 Å². The number of hydrogen-bond donors (Lipinski definition) is 1. The molecule has 0 saturated carbocycles. The van der Waals surface area contributed by atoms with Crippen LogP contribution in [0, 0.1) is 5.82 Å². The second-order valence-electron chi connectivity index (χ2n) is 7.79. The van der Waals surface area contributed by atoms with Gasteiger partial charge in [-0.1, -0.05) is 42.5 Å². The highest BCUT2D eigenvalue weighted by Crippen LogP contribution is 2.33. The Morgan fingerprint density at radius 3 is 2.59 bits per heavy atom. The Bertz CT molecular complexity index is 1210. The Hall–Kier alpha value is -4.20. The van der Waals surface area contributed by atoms with Crippen molar-refractivity contribution in [3.63, 3.8) is 0 Å². The van der Waals surface area contributed by atoms with Crippen LogP contribution in [-0.2, 0) is 9.59 Å². The topological polar surface area (TPSA) is 84.9 Å². The first-order valence-electron chi connectivity index (χ1n) is 10.7. The fourth-order valence-electron chi connectivity index (χ4n) is 3.59. The largest absolute Gasteiger partial charge is 0.482 e. The molecule has 174 valence electrons. The molecule has 1 aliphatic rings. The molecule has 1 aliphatic heterocycles. The van der Waals surface area contributed by atoms with Crippen LogP contribution in [0.2, 0.25) is 0 Å². The quantitative estimate of drug-likeness (QED) is 0.516. The number of hydrogen-bond acceptors (Lipinski definition) is 5. The minimum Gasteiger partial charge on any atom is -0.482 e. The summed E-state index contributed by atoms with van der Waals surface area (Å²) in [7, 11) is 0. The number of benzene rings is 3. The molecule has 2 amide bonds. The number of halogens is 1. The summed E-state index contributed by atoms with van der Waals surface area (Å²) in [6, 6.07) is 19.6. The summed E-state index contributed by atoms with van der Waals surface area (Å²) in [4.78, 5) is 39.2. The molecule has 3 aromatic carbocycles. The van der Waals surface area contributed by atoms with Crippen molar-refractivity contribution in [1.82, 2.24) is 5.32 Å². The first-order valence-corrected chi connectivity index (χ1v) is 10.7. The molecule has 0 saturated heterocycles. The average Bonchev–Trinajstić information content (AvgIpc) is 2.85. The van der Waals surface area contributed by atoms with E-state index < -0.39 is 17.5 Å². The Kier molecular flexibility index (Phi) is 6.87. The zero-order chi connectivity index (χ0) is 24.1. The summed E-state index contributed by atoms with van der Waals surface area (Å²) < 4.78 is 24.5. The van der Waals surface area contributed by atoms with Gasteiger partial charge >= 0.3 is 0 Å². The molecule has 8 heteroatoms. The number of ether oxygens (including phenoxy) is 2. The Morgan fingerprint density at radius 1 is 1.09 bits per heavy atom. The average molecular weight is 462 g/mol. The molecule has 1 heterocycles.